The third-order valence-corrected chi connectivity index (χ3v) is 4.39. The van der Waals surface area contributed by atoms with E-state index in [2.05, 4.69) is 45.2 Å². The minimum atomic E-state index is 0.200. The van der Waals surface area contributed by atoms with Crippen LogP contribution in [0.2, 0.25) is 0 Å². The number of nitrogens with zero attached hydrogens (tertiary/aromatic N) is 1. The molecular formula is C21H42N. The van der Waals surface area contributed by atoms with Crippen molar-refractivity contribution in [3.63, 3.8) is 0 Å². The van der Waals surface area contributed by atoms with Gasteiger partial charge in [0.1, 0.15) is 0 Å². The lowest BCUT2D eigenvalue weighted by Crippen LogP contribution is -2.32. The molecule has 0 saturated carbocycles. The lowest BCUT2D eigenvalue weighted by Gasteiger charge is -2.23. The first kappa shape index (κ1) is 21.7. The van der Waals surface area contributed by atoms with Crippen LogP contribution in [-0.2, 0) is 0 Å². The van der Waals surface area contributed by atoms with Crippen LogP contribution in [0, 0.1) is 0 Å². The van der Waals surface area contributed by atoms with Gasteiger partial charge in [0.15, 0.2) is 0 Å². The molecule has 0 aliphatic heterocycles. The highest BCUT2D eigenvalue weighted by atomic mass is 14.9. The van der Waals surface area contributed by atoms with Crippen LogP contribution in [0.1, 0.15) is 111 Å². The van der Waals surface area contributed by atoms with Crippen LogP contribution >= 0.6 is 0 Å². The van der Waals surface area contributed by atoms with Gasteiger partial charge >= 0.3 is 0 Å². The van der Waals surface area contributed by atoms with E-state index in [9.17, 15) is 0 Å². The van der Waals surface area contributed by atoms with Crippen molar-refractivity contribution in [3.05, 3.63) is 12.2 Å². The Hall–Kier alpha value is -0.300. The van der Waals surface area contributed by atoms with Gasteiger partial charge in [0.05, 0.1) is 0 Å². The summed E-state index contributed by atoms with van der Waals surface area (Å²) in [4.78, 5) is 0. The summed E-state index contributed by atoms with van der Waals surface area (Å²) in [6.07, 6.45) is 22.5. The molecule has 0 fully saturated rings. The summed E-state index contributed by atoms with van der Waals surface area (Å²) in [7, 11) is 0. The van der Waals surface area contributed by atoms with E-state index in [1.807, 2.05) is 0 Å². The van der Waals surface area contributed by atoms with Crippen LogP contribution in [0.4, 0.5) is 0 Å². The Kier molecular flexibility index (Phi) is 15.4. The van der Waals surface area contributed by atoms with Crippen molar-refractivity contribution < 1.29 is 0 Å². The standard InChI is InChI=1S/C21H42N/c1-5-7-8-9-10-11-12-13-14-15-16-17-18-19-20-21(3,4)22-6-2/h13-14H,5-12,15-20H2,1-4H3. The summed E-state index contributed by atoms with van der Waals surface area (Å²) >= 11 is 0. The Balaban J connectivity index is 3.24. The predicted octanol–water partition coefficient (Wildman–Crippen LogP) is 7.04. The van der Waals surface area contributed by atoms with Gasteiger partial charge in [-0.2, -0.15) is 0 Å². The van der Waals surface area contributed by atoms with Crippen LogP contribution < -0.4 is 5.32 Å². The molecule has 0 saturated heterocycles. The zero-order valence-electron chi connectivity index (χ0n) is 16.0. The number of unbranched alkanes of at least 4 members (excludes halogenated alkanes) is 10. The first-order valence-corrected chi connectivity index (χ1v) is 9.96. The molecule has 0 heterocycles. The van der Waals surface area contributed by atoms with Crippen LogP contribution in [0.5, 0.6) is 0 Å². The molecule has 0 rings (SSSR count). The zero-order chi connectivity index (χ0) is 16.5. The van der Waals surface area contributed by atoms with Crippen LogP contribution in [0.3, 0.4) is 0 Å². The fourth-order valence-electron chi connectivity index (χ4n) is 2.96. The topological polar surface area (TPSA) is 14.1 Å². The highest BCUT2D eigenvalue weighted by Gasteiger charge is 2.15. The highest BCUT2D eigenvalue weighted by molar-refractivity contribution is 4.81. The number of hydrogen-bond acceptors (Lipinski definition) is 0. The van der Waals surface area contributed by atoms with Crippen molar-refractivity contribution in [3.8, 4) is 0 Å². The molecule has 0 unspecified atom stereocenters. The molecule has 0 atom stereocenters. The quantitative estimate of drug-likeness (QED) is 0.214. The second-order valence-corrected chi connectivity index (χ2v) is 7.27. The summed E-state index contributed by atoms with van der Waals surface area (Å²) in [5.74, 6) is 0. The van der Waals surface area contributed by atoms with Gasteiger partial charge in [-0.15, -0.1) is 0 Å². The molecule has 1 radical (unpaired) electrons. The second kappa shape index (κ2) is 15.6. The third-order valence-electron chi connectivity index (χ3n) is 4.39. The van der Waals surface area contributed by atoms with E-state index in [4.69, 9.17) is 0 Å². The van der Waals surface area contributed by atoms with E-state index < -0.39 is 0 Å². The normalized spacial score (nSPS) is 12.4. The first-order chi connectivity index (χ1) is 10.6. The minimum absolute atomic E-state index is 0.200. The molecular weight excluding hydrogens is 266 g/mol. The molecule has 0 aliphatic carbocycles. The Bertz CT molecular complexity index is 242. The van der Waals surface area contributed by atoms with Crippen molar-refractivity contribution in [1.29, 1.82) is 0 Å². The van der Waals surface area contributed by atoms with Crippen LogP contribution in [0.25, 0.3) is 0 Å². The summed E-state index contributed by atoms with van der Waals surface area (Å²) < 4.78 is 0. The monoisotopic (exact) mass is 308 g/mol. The van der Waals surface area contributed by atoms with Crippen molar-refractivity contribution in [2.75, 3.05) is 6.54 Å². The summed E-state index contributed by atoms with van der Waals surface area (Å²) in [5.41, 5.74) is 0.200. The highest BCUT2D eigenvalue weighted by Crippen LogP contribution is 2.16. The van der Waals surface area contributed by atoms with E-state index in [0.717, 1.165) is 6.54 Å². The fourth-order valence-corrected chi connectivity index (χ4v) is 2.96. The average molecular weight is 309 g/mol. The van der Waals surface area contributed by atoms with Crippen molar-refractivity contribution in [2.24, 2.45) is 0 Å². The Labute approximate surface area is 141 Å². The fraction of sp³-hybridized carbons (Fsp3) is 0.905. The van der Waals surface area contributed by atoms with Gasteiger partial charge in [-0.05, 0) is 46.0 Å². The number of rotatable bonds is 16. The van der Waals surface area contributed by atoms with Gasteiger partial charge in [-0.25, -0.2) is 5.32 Å². The van der Waals surface area contributed by atoms with Gasteiger partial charge in [0, 0.05) is 12.1 Å². The smallest absolute Gasteiger partial charge is 0.0300 e. The van der Waals surface area contributed by atoms with E-state index in [1.165, 1.54) is 83.5 Å². The van der Waals surface area contributed by atoms with Gasteiger partial charge in [0.2, 0.25) is 0 Å². The molecule has 0 aromatic rings. The molecule has 0 aliphatic rings. The van der Waals surface area contributed by atoms with Crippen LogP contribution in [-0.4, -0.2) is 12.1 Å². The minimum Gasteiger partial charge on any atom is -0.236 e. The van der Waals surface area contributed by atoms with E-state index >= 15 is 0 Å². The van der Waals surface area contributed by atoms with Gasteiger partial charge < -0.3 is 0 Å². The largest absolute Gasteiger partial charge is 0.236 e. The second-order valence-electron chi connectivity index (χ2n) is 7.27. The van der Waals surface area contributed by atoms with Gasteiger partial charge in [-0.1, -0.05) is 77.4 Å². The van der Waals surface area contributed by atoms with Gasteiger partial charge in [-0.3, -0.25) is 0 Å². The lowest BCUT2D eigenvalue weighted by atomic mass is 9.96. The number of allylic oxidation sites excluding steroid dienone is 2. The van der Waals surface area contributed by atoms with Crippen LogP contribution in [0.15, 0.2) is 12.2 Å². The number of hydrogen-bond donors (Lipinski definition) is 0. The molecule has 0 bridgehead atoms. The zero-order valence-corrected chi connectivity index (χ0v) is 16.0. The molecule has 22 heavy (non-hydrogen) atoms. The Morgan fingerprint density at radius 2 is 1.18 bits per heavy atom. The SMILES string of the molecule is CCCCCCCCC=CCCCCCCC(C)(C)[N]CC. The summed E-state index contributed by atoms with van der Waals surface area (Å²) in [6.45, 7) is 9.91. The molecule has 0 amide bonds. The van der Waals surface area contributed by atoms with E-state index in [1.54, 1.807) is 0 Å². The first-order valence-electron chi connectivity index (χ1n) is 9.96. The van der Waals surface area contributed by atoms with Gasteiger partial charge in [0.25, 0.3) is 0 Å². The third kappa shape index (κ3) is 16.1. The molecule has 1 heteroatoms. The average Bonchev–Trinajstić information content (AvgIpc) is 2.47. The van der Waals surface area contributed by atoms with Crippen molar-refractivity contribution in [1.82, 2.24) is 5.32 Å². The molecule has 131 valence electrons. The molecule has 0 N–H and O–H groups in total. The molecule has 0 aromatic heterocycles. The maximum Gasteiger partial charge on any atom is 0.0300 e. The molecule has 0 spiro atoms. The molecule has 1 nitrogen and oxygen atoms in total. The Morgan fingerprint density at radius 1 is 0.682 bits per heavy atom. The van der Waals surface area contributed by atoms with E-state index in [0.29, 0.717) is 0 Å². The summed E-state index contributed by atoms with van der Waals surface area (Å²) in [5, 5.41) is 4.64. The maximum atomic E-state index is 4.64. The van der Waals surface area contributed by atoms with Crippen molar-refractivity contribution in [2.45, 2.75) is 117 Å². The predicted molar refractivity (Wildman–Crippen MR) is 102 cm³/mol. The molecule has 0 aromatic carbocycles. The maximum absolute atomic E-state index is 4.64. The Morgan fingerprint density at radius 3 is 1.73 bits per heavy atom. The summed E-state index contributed by atoms with van der Waals surface area (Å²) in [6, 6.07) is 0. The lowest BCUT2D eigenvalue weighted by molar-refractivity contribution is 0.347. The van der Waals surface area contributed by atoms with E-state index in [-0.39, 0.29) is 5.54 Å². The van der Waals surface area contributed by atoms with Crippen molar-refractivity contribution >= 4 is 0 Å².